The first-order chi connectivity index (χ1) is 9.83. The lowest BCUT2D eigenvalue weighted by atomic mass is 10.1. The van der Waals surface area contributed by atoms with E-state index in [0.717, 1.165) is 12.0 Å². The maximum Gasteiger partial charge on any atom is 0.315 e. The third-order valence-electron chi connectivity index (χ3n) is 3.54. The van der Waals surface area contributed by atoms with Crippen LogP contribution < -0.4 is 10.6 Å². The van der Waals surface area contributed by atoms with Crippen molar-refractivity contribution in [2.24, 2.45) is 0 Å². The molecule has 0 aliphatic heterocycles. The number of nitrogens with one attached hydrogen (secondary N) is 2. The summed E-state index contributed by atoms with van der Waals surface area (Å²) in [5, 5.41) is 5.87. The highest BCUT2D eigenvalue weighted by Crippen LogP contribution is 2.40. The fourth-order valence-corrected chi connectivity index (χ4v) is 2.33. The van der Waals surface area contributed by atoms with Gasteiger partial charge in [-0.3, -0.25) is 4.98 Å². The van der Waals surface area contributed by atoms with E-state index in [-0.39, 0.29) is 12.1 Å². The molecule has 0 spiro atoms. The zero-order chi connectivity index (χ0) is 13.8. The van der Waals surface area contributed by atoms with Crippen molar-refractivity contribution in [2.75, 3.05) is 0 Å². The first-order valence-electron chi connectivity index (χ1n) is 6.81. The van der Waals surface area contributed by atoms with Crippen LogP contribution in [0.25, 0.3) is 0 Å². The highest BCUT2D eigenvalue weighted by atomic mass is 16.2. The average Bonchev–Trinajstić information content (AvgIpc) is 3.26. The summed E-state index contributed by atoms with van der Waals surface area (Å²) in [5.74, 6) is 0.461. The molecule has 1 heterocycles. The van der Waals surface area contributed by atoms with E-state index in [2.05, 4.69) is 27.8 Å². The fraction of sp³-hybridized carbons (Fsp3) is 0.250. The molecule has 1 aliphatic carbocycles. The van der Waals surface area contributed by atoms with Crippen molar-refractivity contribution < 1.29 is 4.79 Å². The van der Waals surface area contributed by atoms with Crippen molar-refractivity contribution in [3.8, 4) is 0 Å². The quantitative estimate of drug-likeness (QED) is 0.894. The summed E-state index contributed by atoms with van der Waals surface area (Å²) in [4.78, 5) is 15.8. The minimum Gasteiger partial charge on any atom is -0.335 e. The highest BCUT2D eigenvalue weighted by molar-refractivity contribution is 5.74. The second kappa shape index (κ2) is 5.74. The van der Waals surface area contributed by atoms with Crippen LogP contribution in [-0.4, -0.2) is 17.1 Å². The predicted molar refractivity (Wildman–Crippen MR) is 77.2 cm³/mol. The molecule has 2 amide bonds. The van der Waals surface area contributed by atoms with Crippen LogP contribution >= 0.6 is 0 Å². The smallest absolute Gasteiger partial charge is 0.315 e. The van der Waals surface area contributed by atoms with Crippen LogP contribution in [0.5, 0.6) is 0 Å². The number of carbonyl (C=O) groups is 1. The van der Waals surface area contributed by atoms with Crippen LogP contribution in [-0.2, 0) is 6.54 Å². The minimum atomic E-state index is -0.106. The van der Waals surface area contributed by atoms with Gasteiger partial charge >= 0.3 is 6.03 Å². The molecule has 1 aliphatic rings. The summed E-state index contributed by atoms with van der Waals surface area (Å²) < 4.78 is 0. The molecule has 2 N–H and O–H groups in total. The van der Waals surface area contributed by atoms with Gasteiger partial charge < -0.3 is 10.6 Å². The molecule has 0 bridgehead atoms. The van der Waals surface area contributed by atoms with Gasteiger partial charge in [-0.15, -0.1) is 0 Å². The highest BCUT2D eigenvalue weighted by Gasteiger charge is 2.39. The Morgan fingerprint density at radius 1 is 1.15 bits per heavy atom. The first-order valence-corrected chi connectivity index (χ1v) is 6.81. The molecule has 0 saturated heterocycles. The fourth-order valence-electron chi connectivity index (χ4n) is 2.33. The van der Waals surface area contributed by atoms with Gasteiger partial charge in [0.2, 0.25) is 0 Å². The Balaban J connectivity index is 1.45. The Labute approximate surface area is 118 Å². The van der Waals surface area contributed by atoms with Gasteiger partial charge in [-0.25, -0.2) is 4.79 Å². The Hall–Kier alpha value is -2.36. The van der Waals surface area contributed by atoms with Gasteiger partial charge in [0.05, 0.1) is 0 Å². The first kappa shape index (κ1) is 12.7. The van der Waals surface area contributed by atoms with Gasteiger partial charge in [0.25, 0.3) is 0 Å². The van der Waals surface area contributed by atoms with E-state index in [9.17, 15) is 4.79 Å². The van der Waals surface area contributed by atoms with E-state index < -0.39 is 0 Å². The van der Waals surface area contributed by atoms with Gasteiger partial charge in [0, 0.05) is 30.9 Å². The van der Waals surface area contributed by atoms with E-state index in [4.69, 9.17) is 0 Å². The molecule has 0 radical (unpaired) electrons. The van der Waals surface area contributed by atoms with Crippen LogP contribution in [0.2, 0.25) is 0 Å². The molecule has 1 saturated carbocycles. The van der Waals surface area contributed by atoms with Crippen molar-refractivity contribution >= 4 is 6.03 Å². The standard InChI is InChI=1S/C16H17N3O/c20-16(18-11-12-6-8-17-9-7-12)19-15-10-14(15)13-4-2-1-3-5-13/h1-9,14-15H,10-11H2,(H2,18,19,20)/t14-,15+/m0/s1. The van der Waals surface area contributed by atoms with Crippen molar-refractivity contribution in [2.45, 2.75) is 24.9 Å². The minimum absolute atomic E-state index is 0.106. The average molecular weight is 267 g/mol. The molecule has 20 heavy (non-hydrogen) atoms. The molecule has 1 aromatic carbocycles. The van der Waals surface area contributed by atoms with Gasteiger partial charge in [0.1, 0.15) is 0 Å². The molecule has 1 aromatic heterocycles. The summed E-state index contributed by atoms with van der Waals surface area (Å²) in [6.07, 6.45) is 4.47. The lowest BCUT2D eigenvalue weighted by molar-refractivity contribution is 0.240. The summed E-state index contributed by atoms with van der Waals surface area (Å²) in [7, 11) is 0. The van der Waals surface area contributed by atoms with E-state index >= 15 is 0 Å². The van der Waals surface area contributed by atoms with Gasteiger partial charge in [0.15, 0.2) is 0 Å². The number of nitrogens with zero attached hydrogens (tertiary/aromatic N) is 1. The number of aromatic nitrogens is 1. The largest absolute Gasteiger partial charge is 0.335 e. The summed E-state index contributed by atoms with van der Waals surface area (Å²) >= 11 is 0. The van der Waals surface area contributed by atoms with Crippen LogP contribution in [0.15, 0.2) is 54.9 Å². The summed E-state index contributed by atoms with van der Waals surface area (Å²) in [6.45, 7) is 0.525. The maximum atomic E-state index is 11.8. The maximum absolute atomic E-state index is 11.8. The van der Waals surface area contributed by atoms with E-state index in [1.165, 1.54) is 5.56 Å². The number of urea groups is 1. The third kappa shape index (κ3) is 3.15. The van der Waals surface area contributed by atoms with Crippen LogP contribution in [0, 0.1) is 0 Å². The van der Waals surface area contributed by atoms with Gasteiger partial charge in [-0.1, -0.05) is 30.3 Å². The van der Waals surface area contributed by atoms with Crippen molar-refractivity contribution in [1.29, 1.82) is 0 Å². The SMILES string of the molecule is O=C(NCc1ccncc1)N[C@@H]1C[C@H]1c1ccccc1. The molecule has 2 atom stereocenters. The molecule has 2 aromatic rings. The van der Waals surface area contributed by atoms with Crippen LogP contribution in [0.1, 0.15) is 23.5 Å². The molecule has 4 heteroatoms. The number of hydrogen-bond donors (Lipinski definition) is 2. The van der Waals surface area contributed by atoms with Crippen LogP contribution in [0.3, 0.4) is 0 Å². The number of amides is 2. The molecule has 0 unspecified atom stereocenters. The van der Waals surface area contributed by atoms with Crippen LogP contribution in [0.4, 0.5) is 4.79 Å². The lowest BCUT2D eigenvalue weighted by Gasteiger charge is -2.07. The Bertz CT molecular complexity index is 571. The Kier molecular flexibility index (Phi) is 3.63. The summed E-state index contributed by atoms with van der Waals surface area (Å²) in [6, 6.07) is 14.2. The zero-order valence-electron chi connectivity index (χ0n) is 11.1. The normalized spacial score (nSPS) is 20.2. The predicted octanol–water partition coefficient (Wildman–Crippen LogP) is 2.44. The lowest BCUT2D eigenvalue weighted by Crippen LogP contribution is -2.36. The van der Waals surface area contributed by atoms with Crippen molar-refractivity contribution in [3.63, 3.8) is 0 Å². The van der Waals surface area contributed by atoms with Gasteiger partial charge in [-0.05, 0) is 29.7 Å². The molecule has 102 valence electrons. The van der Waals surface area contributed by atoms with Crippen molar-refractivity contribution in [1.82, 2.24) is 15.6 Å². The van der Waals surface area contributed by atoms with Crippen molar-refractivity contribution in [3.05, 3.63) is 66.0 Å². The zero-order valence-corrected chi connectivity index (χ0v) is 11.1. The molecule has 3 rings (SSSR count). The molecule has 1 fully saturated rings. The van der Waals surface area contributed by atoms with E-state index in [0.29, 0.717) is 12.5 Å². The Morgan fingerprint density at radius 2 is 1.90 bits per heavy atom. The third-order valence-corrected chi connectivity index (χ3v) is 3.54. The summed E-state index contributed by atoms with van der Waals surface area (Å²) in [5.41, 5.74) is 2.34. The number of rotatable bonds is 4. The monoisotopic (exact) mass is 267 g/mol. The number of pyridine rings is 1. The second-order valence-electron chi connectivity index (χ2n) is 5.04. The molecular formula is C16H17N3O. The Morgan fingerprint density at radius 3 is 2.65 bits per heavy atom. The van der Waals surface area contributed by atoms with E-state index in [1.54, 1.807) is 12.4 Å². The number of benzene rings is 1. The van der Waals surface area contributed by atoms with Gasteiger partial charge in [-0.2, -0.15) is 0 Å². The second-order valence-corrected chi connectivity index (χ2v) is 5.04. The topological polar surface area (TPSA) is 54.0 Å². The molecule has 4 nitrogen and oxygen atoms in total. The van der Waals surface area contributed by atoms with E-state index in [1.807, 2.05) is 30.3 Å². The number of carbonyl (C=O) groups excluding carboxylic acids is 1. The number of hydrogen-bond acceptors (Lipinski definition) is 2. The molecular weight excluding hydrogens is 250 g/mol.